The van der Waals surface area contributed by atoms with Crippen LogP contribution in [0.15, 0.2) is 72.4 Å². The molecule has 3 aromatic carbocycles. The Balaban J connectivity index is 1.58. The molecule has 1 aromatic heterocycles. The molecule has 0 aliphatic carbocycles. The van der Waals surface area contributed by atoms with Crippen molar-refractivity contribution in [2.45, 2.75) is 12.5 Å². The minimum Gasteiger partial charge on any atom is -0.507 e. The number of hydrogen-bond donors (Lipinski definition) is 2. The molecule has 0 spiro atoms. The number of H-pyrrole nitrogens is 1. The average molecular weight is 531 g/mol. The maximum atomic E-state index is 15.1. The Kier molecular flexibility index (Phi) is 6.98. The van der Waals surface area contributed by atoms with Gasteiger partial charge in [-0.3, -0.25) is 9.59 Å². The normalized spacial score (nSPS) is 16.6. The highest BCUT2D eigenvalue weighted by molar-refractivity contribution is 6.46. The molecule has 2 N–H and O–H groups in total. The van der Waals surface area contributed by atoms with E-state index in [1.165, 1.54) is 43.4 Å². The molecular weight excluding hydrogens is 503 g/mol. The average Bonchev–Trinajstić information content (AvgIpc) is 3.48. The summed E-state index contributed by atoms with van der Waals surface area (Å²) in [5.74, 6) is -1.29. The number of likely N-dealkylation sites (tertiary alicyclic amines) is 1. The number of nitrogens with one attached hydrogen (secondary N) is 1. The van der Waals surface area contributed by atoms with Crippen LogP contribution in [0.3, 0.4) is 0 Å². The van der Waals surface area contributed by atoms with E-state index in [1.807, 2.05) is 24.4 Å². The molecule has 5 rings (SSSR count). The van der Waals surface area contributed by atoms with Crippen molar-refractivity contribution in [3.63, 3.8) is 0 Å². The van der Waals surface area contributed by atoms with Gasteiger partial charge in [0.05, 0.1) is 32.9 Å². The molecule has 4 aromatic rings. The molecule has 1 aliphatic rings. The van der Waals surface area contributed by atoms with E-state index < -0.39 is 29.3 Å². The number of aliphatic hydroxyl groups is 1. The summed E-state index contributed by atoms with van der Waals surface area (Å²) in [4.78, 5) is 31.2. The smallest absolute Gasteiger partial charge is 0.295 e. The molecule has 1 fully saturated rings. The number of ether oxygens (including phenoxy) is 3. The van der Waals surface area contributed by atoms with Crippen molar-refractivity contribution >= 4 is 28.4 Å². The standard InChI is InChI=1S/C30H27FN2O6/c1-37-19-9-10-23-21(15-19)18(16-32-23)12-13-33-27(20-6-4-5-7-22(20)31)26(29(35)30(33)36)28(34)17-8-11-24(38-2)25(14-17)39-3/h4-11,14-16,27,32,34H,12-13H2,1-3H3/b28-26-. The van der Waals surface area contributed by atoms with Crippen molar-refractivity contribution in [2.24, 2.45) is 0 Å². The maximum Gasteiger partial charge on any atom is 0.295 e. The van der Waals surface area contributed by atoms with Crippen LogP contribution in [0, 0.1) is 5.82 Å². The summed E-state index contributed by atoms with van der Waals surface area (Å²) in [5.41, 5.74) is 1.94. The van der Waals surface area contributed by atoms with Crippen molar-refractivity contribution in [1.82, 2.24) is 9.88 Å². The van der Waals surface area contributed by atoms with E-state index in [1.54, 1.807) is 25.3 Å². The third-order valence-corrected chi connectivity index (χ3v) is 6.99. The minimum atomic E-state index is -1.13. The molecule has 1 unspecified atom stereocenters. The monoisotopic (exact) mass is 530 g/mol. The molecule has 39 heavy (non-hydrogen) atoms. The van der Waals surface area contributed by atoms with Gasteiger partial charge in [-0.15, -0.1) is 0 Å². The Labute approximate surface area is 224 Å². The predicted octanol–water partition coefficient (Wildman–Crippen LogP) is 5.00. The first-order chi connectivity index (χ1) is 18.9. The first-order valence-corrected chi connectivity index (χ1v) is 12.3. The van der Waals surface area contributed by atoms with Crippen LogP contribution in [-0.4, -0.2) is 54.6 Å². The highest BCUT2D eigenvalue weighted by atomic mass is 19.1. The highest BCUT2D eigenvalue weighted by Crippen LogP contribution is 2.41. The topological polar surface area (TPSA) is 101 Å². The SMILES string of the molecule is COc1ccc2[nH]cc(CCN3C(=O)C(=O)/C(=C(\O)c4ccc(OC)c(OC)c4)C3c3ccccc3F)c2c1. The van der Waals surface area contributed by atoms with Gasteiger partial charge in [-0.25, -0.2) is 4.39 Å². The van der Waals surface area contributed by atoms with Crippen LogP contribution in [0.5, 0.6) is 17.2 Å². The van der Waals surface area contributed by atoms with Crippen molar-refractivity contribution in [2.75, 3.05) is 27.9 Å². The summed E-state index contributed by atoms with van der Waals surface area (Å²) < 4.78 is 31.1. The molecule has 200 valence electrons. The fourth-order valence-electron chi connectivity index (χ4n) is 5.00. The zero-order valence-corrected chi connectivity index (χ0v) is 21.7. The third-order valence-electron chi connectivity index (χ3n) is 6.99. The van der Waals surface area contributed by atoms with Gasteiger partial charge in [-0.2, -0.15) is 0 Å². The third kappa shape index (κ3) is 4.56. The zero-order valence-electron chi connectivity index (χ0n) is 21.7. The first kappa shape index (κ1) is 25.8. The van der Waals surface area contributed by atoms with Gasteiger partial charge in [0.1, 0.15) is 17.3 Å². The van der Waals surface area contributed by atoms with Gasteiger partial charge in [0.2, 0.25) is 0 Å². The Morgan fingerprint density at radius 2 is 1.74 bits per heavy atom. The second-order valence-corrected chi connectivity index (χ2v) is 9.06. The molecule has 1 amide bonds. The van der Waals surface area contributed by atoms with Crippen molar-refractivity contribution < 1.29 is 33.3 Å². The van der Waals surface area contributed by atoms with Crippen LogP contribution in [0.2, 0.25) is 0 Å². The number of fused-ring (bicyclic) bond motifs is 1. The number of ketones is 1. The van der Waals surface area contributed by atoms with Crippen LogP contribution in [0.4, 0.5) is 4.39 Å². The molecular formula is C30H27FN2O6. The number of hydrogen-bond acceptors (Lipinski definition) is 6. The second-order valence-electron chi connectivity index (χ2n) is 9.06. The van der Waals surface area contributed by atoms with E-state index in [0.717, 1.165) is 16.5 Å². The Morgan fingerprint density at radius 1 is 0.974 bits per heavy atom. The van der Waals surface area contributed by atoms with Crippen LogP contribution in [-0.2, 0) is 16.0 Å². The molecule has 0 bridgehead atoms. The van der Waals surface area contributed by atoms with Gasteiger partial charge in [0.25, 0.3) is 11.7 Å². The molecule has 9 heteroatoms. The number of aliphatic hydroxyl groups excluding tert-OH is 1. The number of aromatic amines is 1. The molecule has 2 heterocycles. The van der Waals surface area contributed by atoms with Crippen molar-refractivity contribution in [3.8, 4) is 17.2 Å². The summed E-state index contributed by atoms with van der Waals surface area (Å²) in [6.45, 7) is 0.108. The van der Waals surface area contributed by atoms with E-state index in [4.69, 9.17) is 14.2 Å². The van der Waals surface area contributed by atoms with E-state index in [9.17, 15) is 14.7 Å². The summed E-state index contributed by atoms with van der Waals surface area (Å²) in [7, 11) is 4.50. The molecule has 8 nitrogen and oxygen atoms in total. The Hall–Kier alpha value is -4.79. The number of carbonyl (C=O) groups excluding carboxylic acids is 2. The van der Waals surface area contributed by atoms with Crippen molar-refractivity contribution in [1.29, 1.82) is 0 Å². The predicted molar refractivity (Wildman–Crippen MR) is 144 cm³/mol. The molecule has 0 radical (unpaired) electrons. The van der Waals surface area contributed by atoms with E-state index in [2.05, 4.69) is 4.98 Å². The van der Waals surface area contributed by atoms with E-state index in [-0.39, 0.29) is 23.2 Å². The Bertz CT molecular complexity index is 1610. The highest BCUT2D eigenvalue weighted by Gasteiger charge is 2.46. The lowest BCUT2D eigenvalue weighted by Gasteiger charge is -2.25. The van der Waals surface area contributed by atoms with Crippen LogP contribution in [0.1, 0.15) is 22.7 Å². The molecule has 1 aliphatic heterocycles. The zero-order chi connectivity index (χ0) is 27.7. The molecule has 1 saturated heterocycles. The number of carbonyl (C=O) groups is 2. The van der Waals surface area contributed by atoms with Crippen LogP contribution < -0.4 is 14.2 Å². The lowest BCUT2D eigenvalue weighted by molar-refractivity contribution is -0.139. The van der Waals surface area contributed by atoms with Gasteiger partial charge in [0.15, 0.2) is 11.5 Å². The number of rotatable bonds is 8. The number of Topliss-reactive ketones (excluding diaryl/α,β-unsaturated/α-hetero) is 1. The van der Waals surface area contributed by atoms with Gasteiger partial charge in [0, 0.05) is 34.8 Å². The second kappa shape index (κ2) is 10.5. The summed E-state index contributed by atoms with van der Waals surface area (Å²) in [6.07, 6.45) is 2.21. The van der Waals surface area contributed by atoms with Crippen molar-refractivity contribution in [3.05, 3.63) is 94.9 Å². The van der Waals surface area contributed by atoms with Gasteiger partial charge in [-0.05, 0) is 54.4 Å². The first-order valence-electron chi connectivity index (χ1n) is 12.3. The number of aromatic nitrogens is 1. The number of benzene rings is 3. The van der Waals surface area contributed by atoms with Gasteiger partial charge < -0.3 is 29.2 Å². The van der Waals surface area contributed by atoms with E-state index in [0.29, 0.717) is 23.7 Å². The van der Waals surface area contributed by atoms with E-state index >= 15 is 4.39 Å². The maximum absolute atomic E-state index is 15.1. The summed E-state index contributed by atoms with van der Waals surface area (Å²) in [5, 5.41) is 12.2. The number of methoxy groups -OCH3 is 3. The fraction of sp³-hybridized carbons (Fsp3) is 0.200. The lowest BCUT2D eigenvalue weighted by atomic mass is 9.94. The summed E-state index contributed by atoms with van der Waals surface area (Å²) in [6, 6.07) is 15.0. The van der Waals surface area contributed by atoms with Crippen LogP contribution >= 0.6 is 0 Å². The number of halogens is 1. The quantitative estimate of drug-likeness (QED) is 0.189. The van der Waals surface area contributed by atoms with Gasteiger partial charge in [-0.1, -0.05) is 18.2 Å². The molecule has 1 atom stereocenters. The summed E-state index contributed by atoms with van der Waals surface area (Å²) >= 11 is 0. The number of amides is 1. The Morgan fingerprint density at radius 3 is 2.46 bits per heavy atom. The largest absolute Gasteiger partial charge is 0.507 e. The number of nitrogens with zero attached hydrogens (tertiary/aromatic N) is 1. The van der Waals surface area contributed by atoms with Gasteiger partial charge >= 0.3 is 0 Å². The van der Waals surface area contributed by atoms with Crippen LogP contribution in [0.25, 0.3) is 16.7 Å². The fourth-order valence-corrected chi connectivity index (χ4v) is 5.00. The minimum absolute atomic E-state index is 0.108. The molecule has 0 saturated carbocycles. The lowest BCUT2D eigenvalue weighted by Crippen LogP contribution is -2.32.